The fraction of sp³-hybridized carbons (Fsp3) is 0. The number of phenols is 1. The molecule has 13 heavy (non-hydrogen) atoms. The Morgan fingerprint density at radius 2 is 2.15 bits per heavy atom. The molecular weight excluding hydrogens is 192 g/mol. The Morgan fingerprint density at radius 3 is 2.69 bits per heavy atom. The Labute approximate surface area is 80.2 Å². The summed E-state index contributed by atoms with van der Waals surface area (Å²) in [4.78, 5) is 14.7. The van der Waals surface area contributed by atoms with Crippen molar-refractivity contribution in [2.45, 2.75) is 0 Å². The molecule has 0 heterocycles. The van der Waals surface area contributed by atoms with Crippen molar-refractivity contribution in [3.8, 4) is 5.75 Å². The minimum atomic E-state index is -1.00. The molecule has 6 heteroatoms. The predicted molar refractivity (Wildman–Crippen MR) is 50.2 cm³/mol. The normalized spacial score (nSPS) is 9.31. The third-order valence-corrected chi connectivity index (χ3v) is 1.56. The van der Waals surface area contributed by atoms with Gasteiger partial charge in [0.1, 0.15) is 11.4 Å². The molecule has 70 valence electrons. The van der Waals surface area contributed by atoms with E-state index in [2.05, 4.69) is 17.7 Å². The number of rotatable bonds is 2. The molecule has 0 saturated carbocycles. The first-order valence-electron chi connectivity index (χ1n) is 3.35. The lowest BCUT2D eigenvalue weighted by Gasteiger charge is -2.15. The lowest BCUT2D eigenvalue weighted by molar-refractivity contribution is 0.166. The molecule has 1 aromatic rings. The molecule has 0 radical (unpaired) electrons. The summed E-state index contributed by atoms with van der Waals surface area (Å²) < 4.78 is 0.789. The van der Waals surface area contributed by atoms with Crippen molar-refractivity contribution in [2.75, 3.05) is 4.47 Å². The van der Waals surface area contributed by atoms with E-state index in [0.717, 1.165) is 4.47 Å². The lowest BCUT2D eigenvalue weighted by Crippen LogP contribution is -2.22. The van der Waals surface area contributed by atoms with Gasteiger partial charge in [-0.2, -0.15) is 0 Å². The Bertz CT molecular complexity index is 318. The highest BCUT2D eigenvalue weighted by Gasteiger charge is 2.09. The Hall–Kier alpha value is -1.56. The number of benzene rings is 1. The summed E-state index contributed by atoms with van der Waals surface area (Å²) in [6.07, 6.45) is -1.00. The third kappa shape index (κ3) is 2.45. The first-order chi connectivity index (χ1) is 6.11. The van der Waals surface area contributed by atoms with Crippen LogP contribution in [-0.2, 0) is 4.84 Å². The number of aromatic hydroxyl groups is 1. The highest BCUT2D eigenvalue weighted by molar-refractivity contribution is 7.81. The number of carbonyl (C=O) groups is 1. The van der Waals surface area contributed by atoms with Crippen molar-refractivity contribution < 1.29 is 14.7 Å². The second-order valence-electron chi connectivity index (χ2n) is 2.17. The van der Waals surface area contributed by atoms with E-state index in [4.69, 9.17) is 5.73 Å². The van der Waals surface area contributed by atoms with Gasteiger partial charge >= 0.3 is 6.09 Å². The number of anilines is 1. The number of nitrogens with two attached hydrogens (primary N) is 1. The van der Waals surface area contributed by atoms with Gasteiger partial charge in [0.05, 0.1) is 0 Å². The maximum Gasteiger partial charge on any atom is 0.429 e. The topological polar surface area (TPSA) is 75.8 Å². The van der Waals surface area contributed by atoms with E-state index in [1.54, 1.807) is 12.1 Å². The molecule has 3 N–H and O–H groups in total. The highest BCUT2D eigenvalue weighted by atomic mass is 32.1. The van der Waals surface area contributed by atoms with Crippen LogP contribution in [0.2, 0.25) is 0 Å². The van der Waals surface area contributed by atoms with Crippen molar-refractivity contribution in [2.24, 2.45) is 5.73 Å². The van der Waals surface area contributed by atoms with Gasteiger partial charge in [0.15, 0.2) is 0 Å². The maximum atomic E-state index is 10.3. The van der Waals surface area contributed by atoms with Crippen LogP contribution >= 0.6 is 12.8 Å². The fourth-order valence-electron chi connectivity index (χ4n) is 0.760. The van der Waals surface area contributed by atoms with Crippen molar-refractivity contribution >= 4 is 24.6 Å². The third-order valence-electron chi connectivity index (χ3n) is 1.26. The molecule has 0 fully saturated rings. The quantitative estimate of drug-likeness (QED) is 0.492. The zero-order valence-electron chi connectivity index (χ0n) is 6.54. The number of hydrogen-bond acceptors (Lipinski definition) is 5. The van der Waals surface area contributed by atoms with Crippen LogP contribution in [0.3, 0.4) is 0 Å². The van der Waals surface area contributed by atoms with E-state index in [-0.39, 0.29) is 11.4 Å². The van der Waals surface area contributed by atoms with E-state index < -0.39 is 6.09 Å². The number of para-hydroxylation sites is 2. The smallest absolute Gasteiger partial charge is 0.429 e. The van der Waals surface area contributed by atoms with Gasteiger partial charge in [-0.05, 0) is 24.9 Å². The first kappa shape index (κ1) is 9.53. The predicted octanol–water partition coefficient (Wildman–Crippen LogP) is 1.05. The van der Waals surface area contributed by atoms with Crippen LogP contribution in [0.1, 0.15) is 0 Å². The number of nitrogens with zero attached hydrogens (tertiary/aromatic N) is 1. The van der Waals surface area contributed by atoms with Gasteiger partial charge in [0, 0.05) is 0 Å². The summed E-state index contributed by atoms with van der Waals surface area (Å²) in [5.74, 6) is -0.0567. The second-order valence-corrected chi connectivity index (χ2v) is 2.54. The number of primary amides is 1. The minimum absolute atomic E-state index is 0.0567. The number of carbonyl (C=O) groups excluding carboxylic acids is 1. The van der Waals surface area contributed by atoms with Crippen molar-refractivity contribution in [1.82, 2.24) is 0 Å². The van der Waals surface area contributed by atoms with E-state index in [1.807, 2.05) is 0 Å². The van der Waals surface area contributed by atoms with E-state index >= 15 is 0 Å². The number of amides is 1. The summed E-state index contributed by atoms with van der Waals surface area (Å²) in [5, 5.41) is 9.27. The van der Waals surface area contributed by atoms with Crippen LogP contribution < -0.4 is 10.2 Å². The van der Waals surface area contributed by atoms with E-state index in [0.29, 0.717) is 0 Å². The maximum absolute atomic E-state index is 10.3. The van der Waals surface area contributed by atoms with Crippen molar-refractivity contribution in [3.05, 3.63) is 24.3 Å². The highest BCUT2D eigenvalue weighted by Crippen LogP contribution is 2.27. The average Bonchev–Trinajstić information content (AvgIpc) is 2.03. The number of hydrogen-bond donors (Lipinski definition) is 3. The van der Waals surface area contributed by atoms with Crippen LogP contribution in [-0.4, -0.2) is 11.2 Å². The summed E-state index contributed by atoms with van der Waals surface area (Å²) in [5.41, 5.74) is 4.99. The van der Waals surface area contributed by atoms with Gasteiger partial charge in [0.25, 0.3) is 0 Å². The van der Waals surface area contributed by atoms with Crippen LogP contribution in [0.25, 0.3) is 0 Å². The van der Waals surface area contributed by atoms with Crippen LogP contribution in [0.15, 0.2) is 24.3 Å². The lowest BCUT2D eigenvalue weighted by atomic mass is 10.3. The molecule has 0 unspecified atom stereocenters. The second kappa shape index (κ2) is 3.90. The molecule has 0 bridgehead atoms. The van der Waals surface area contributed by atoms with Gasteiger partial charge in [0.2, 0.25) is 0 Å². The van der Waals surface area contributed by atoms with E-state index in [9.17, 15) is 9.90 Å². The van der Waals surface area contributed by atoms with Gasteiger partial charge in [-0.3, -0.25) is 0 Å². The SMILES string of the molecule is NC(=O)ON(S)c1ccccc1O. The zero-order chi connectivity index (χ0) is 9.84. The summed E-state index contributed by atoms with van der Waals surface area (Å²) in [7, 11) is 0. The van der Waals surface area contributed by atoms with Crippen molar-refractivity contribution in [1.29, 1.82) is 0 Å². The van der Waals surface area contributed by atoms with Gasteiger partial charge < -0.3 is 15.7 Å². The monoisotopic (exact) mass is 200 g/mol. The molecule has 5 nitrogen and oxygen atoms in total. The zero-order valence-corrected chi connectivity index (χ0v) is 7.44. The van der Waals surface area contributed by atoms with Crippen LogP contribution in [0.4, 0.5) is 10.5 Å². The van der Waals surface area contributed by atoms with Crippen LogP contribution in [0.5, 0.6) is 5.75 Å². The fourth-order valence-corrected chi connectivity index (χ4v) is 1.01. The number of thiol groups is 1. The van der Waals surface area contributed by atoms with Gasteiger partial charge in [-0.25, -0.2) is 4.79 Å². The molecule has 1 aromatic carbocycles. The van der Waals surface area contributed by atoms with Crippen molar-refractivity contribution in [3.63, 3.8) is 0 Å². The minimum Gasteiger partial charge on any atom is -0.506 e. The molecule has 0 atom stereocenters. The van der Waals surface area contributed by atoms with E-state index in [1.165, 1.54) is 12.1 Å². The Kier molecular flexibility index (Phi) is 2.86. The molecule has 0 spiro atoms. The molecular formula is C7H8N2O3S. The standard InChI is InChI=1S/C7H8N2O3S/c8-7(11)12-9(13)5-3-1-2-4-6(5)10/h1-4,10,13H,(H2,8,11). The summed E-state index contributed by atoms with van der Waals surface area (Å²) in [6, 6.07) is 6.24. The average molecular weight is 200 g/mol. The molecule has 0 saturated heterocycles. The molecule has 0 aliphatic rings. The first-order valence-corrected chi connectivity index (χ1v) is 3.75. The summed E-state index contributed by atoms with van der Waals surface area (Å²) >= 11 is 3.78. The molecule has 0 aliphatic heterocycles. The van der Waals surface area contributed by atoms with Gasteiger partial charge in [-0.15, -0.1) is 4.47 Å². The summed E-state index contributed by atoms with van der Waals surface area (Å²) in [6.45, 7) is 0. The van der Waals surface area contributed by atoms with Gasteiger partial charge in [-0.1, -0.05) is 12.1 Å². The Morgan fingerprint density at radius 1 is 1.54 bits per heavy atom. The van der Waals surface area contributed by atoms with Crippen LogP contribution in [0, 0.1) is 0 Å². The Balaban J connectivity index is 2.82. The largest absolute Gasteiger partial charge is 0.506 e. The number of phenolic OH excluding ortho intramolecular Hbond substituents is 1. The molecule has 0 aliphatic carbocycles. The molecule has 1 rings (SSSR count). The molecule has 0 aromatic heterocycles. The molecule has 1 amide bonds.